The van der Waals surface area contributed by atoms with Crippen LogP contribution in [0.15, 0.2) is 47.4 Å². The number of carbonyl (C=O) groups is 1. The quantitative estimate of drug-likeness (QED) is 0.325. The molecule has 2 aliphatic rings. The Balaban J connectivity index is 1.14. The molecule has 0 spiro atoms. The fraction of sp³-hybridized carbons (Fsp3) is 0.385. The van der Waals surface area contributed by atoms with Crippen molar-refractivity contribution in [2.45, 2.75) is 50.6 Å². The van der Waals surface area contributed by atoms with Gasteiger partial charge in [0.25, 0.3) is 0 Å². The number of anilines is 1. The summed E-state index contributed by atoms with van der Waals surface area (Å²) >= 11 is 0. The minimum Gasteiger partial charge on any atom is -0.439 e. The lowest BCUT2D eigenvalue weighted by molar-refractivity contribution is 0.190. The minimum absolute atomic E-state index is 0.0557. The summed E-state index contributed by atoms with van der Waals surface area (Å²) in [4.78, 5) is 21.6. The van der Waals surface area contributed by atoms with E-state index in [1.165, 1.54) is 6.33 Å². The van der Waals surface area contributed by atoms with Gasteiger partial charge in [-0.2, -0.15) is 0 Å². The van der Waals surface area contributed by atoms with Crippen LogP contribution in [-0.4, -0.2) is 39.4 Å². The van der Waals surface area contributed by atoms with Gasteiger partial charge in [0.15, 0.2) is 5.82 Å². The van der Waals surface area contributed by atoms with E-state index in [4.69, 9.17) is 14.0 Å². The Morgan fingerprint density at radius 2 is 2.11 bits per heavy atom. The number of nitrogens with one attached hydrogen (secondary N) is 2. The predicted octanol–water partition coefficient (Wildman–Crippen LogP) is 4.74. The Hall–Kier alpha value is -3.76. The van der Waals surface area contributed by atoms with Gasteiger partial charge in [0.1, 0.15) is 17.8 Å². The highest BCUT2D eigenvalue weighted by Crippen LogP contribution is 2.52. The van der Waals surface area contributed by atoms with Gasteiger partial charge in [-0.05, 0) is 49.9 Å². The second kappa shape index (κ2) is 9.36. The summed E-state index contributed by atoms with van der Waals surface area (Å²) in [6.45, 7) is 2.17. The second-order valence-electron chi connectivity index (χ2n) is 9.45. The summed E-state index contributed by atoms with van der Waals surface area (Å²) in [6.07, 6.45) is 8.57. The smallest absolute Gasteiger partial charge is 0.331 e. The van der Waals surface area contributed by atoms with Crippen LogP contribution in [0.1, 0.15) is 49.1 Å². The molecule has 10 nitrogen and oxygen atoms in total. The van der Waals surface area contributed by atoms with Crippen molar-refractivity contribution < 1.29 is 18.8 Å². The Labute approximate surface area is 208 Å². The lowest BCUT2D eigenvalue weighted by Crippen LogP contribution is -2.18. The molecule has 0 bridgehead atoms. The summed E-state index contributed by atoms with van der Waals surface area (Å²) in [5.41, 5.74) is 2.75. The molecular formula is C26H28N6O4. The van der Waals surface area contributed by atoms with Gasteiger partial charge in [0.05, 0.1) is 16.8 Å². The van der Waals surface area contributed by atoms with Crippen LogP contribution in [0, 0.1) is 0 Å². The zero-order chi connectivity index (χ0) is 24.5. The van der Waals surface area contributed by atoms with E-state index >= 15 is 0 Å². The van der Waals surface area contributed by atoms with Crippen molar-refractivity contribution in [3.05, 3.63) is 59.9 Å². The standard InChI is InChI=1S/C26H28N6O4/c1-34-11-3-2-7-26(8-9-26)22-13-23(31-36-22)30-25(33)32-10-6-17-12-18(4-5-21(17)32)35-24-19-14-27-15-20(19)28-16-29-24/h4-6,10,12-13,16,27H,2-3,7-9,11,14-15H2,1H3,(H,30,31,33). The third-order valence-corrected chi connectivity index (χ3v) is 7.06. The molecule has 0 radical (unpaired) electrons. The molecule has 1 fully saturated rings. The Bertz CT molecular complexity index is 1410. The van der Waals surface area contributed by atoms with E-state index in [-0.39, 0.29) is 11.4 Å². The molecule has 1 aliphatic heterocycles. The Kier molecular flexibility index (Phi) is 5.90. The lowest BCUT2D eigenvalue weighted by Gasteiger charge is -2.10. The third-order valence-electron chi connectivity index (χ3n) is 7.06. The highest BCUT2D eigenvalue weighted by atomic mass is 16.5. The fourth-order valence-electron chi connectivity index (χ4n) is 4.86. The van der Waals surface area contributed by atoms with E-state index in [1.54, 1.807) is 17.9 Å². The molecule has 10 heteroatoms. The Morgan fingerprint density at radius 1 is 1.19 bits per heavy atom. The van der Waals surface area contributed by atoms with Crippen molar-refractivity contribution in [3.8, 4) is 11.6 Å². The van der Waals surface area contributed by atoms with E-state index in [1.807, 2.05) is 30.3 Å². The molecular weight excluding hydrogens is 460 g/mol. The van der Waals surface area contributed by atoms with Crippen LogP contribution in [0.25, 0.3) is 10.9 Å². The van der Waals surface area contributed by atoms with Gasteiger partial charge in [-0.15, -0.1) is 0 Å². The zero-order valence-electron chi connectivity index (χ0n) is 20.1. The van der Waals surface area contributed by atoms with Crippen LogP contribution in [-0.2, 0) is 23.2 Å². The fourth-order valence-corrected chi connectivity index (χ4v) is 4.86. The number of unbranched alkanes of at least 4 members (excludes halogenated alkanes) is 1. The third kappa shape index (κ3) is 4.33. The van der Waals surface area contributed by atoms with Gasteiger partial charge in [-0.25, -0.2) is 14.8 Å². The lowest BCUT2D eigenvalue weighted by atomic mass is 9.96. The zero-order valence-corrected chi connectivity index (χ0v) is 20.1. The van der Waals surface area contributed by atoms with Gasteiger partial charge in [0, 0.05) is 49.9 Å². The largest absolute Gasteiger partial charge is 0.439 e. The molecule has 1 aliphatic carbocycles. The molecule has 0 unspecified atom stereocenters. The number of hydrogen-bond donors (Lipinski definition) is 2. The molecule has 4 heterocycles. The first kappa shape index (κ1) is 22.7. The summed E-state index contributed by atoms with van der Waals surface area (Å²) in [6, 6.07) is 9.01. The van der Waals surface area contributed by atoms with E-state index in [9.17, 15) is 4.79 Å². The number of amides is 1. The molecule has 36 heavy (non-hydrogen) atoms. The first-order valence-corrected chi connectivity index (χ1v) is 12.3. The average Bonchev–Trinajstić information content (AvgIpc) is 3.25. The highest BCUT2D eigenvalue weighted by molar-refractivity contribution is 5.98. The minimum atomic E-state index is -0.303. The number of aromatic nitrogens is 4. The van der Waals surface area contributed by atoms with Crippen LogP contribution in [0.5, 0.6) is 11.6 Å². The summed E-state index contributed by atoms with van der Waals surface area (Å²) in [5.74, 6) is 2.47. The van der Waals surface area contributed by atoms with Crippen LogP contribution in [0.4, 0.5) is 10.6 Å². The maximum Gasteiger partial charge on any atom is 0.331 e. The molecule has 4 aromatic rings. The first-order chi connectivity index (χ1) is 17.6. The summed E-state index contributed by atoms with van der Waals surface area (Å²) in [5, 5.41) is 11.1. The van der Waals surface area contributed by atoms with Crippen molar-refractivity contribution >= 4 is 22.8 Å². The van der Waals surface area contributed by atoms with E-state index in [0.717, 1.165) is 66.6 Å². The SMILES string of the molecule is COCCCCC1(c2cc(NC(=O)n3ccc4cc(Oc5ncnc6c5CNC6)ccc43)no2)CC1. The van der Waals surface area contributed by atoms with E-state index < -0.39 is 0 Å². The first-order valence-electron chi connectivity index (χ1n) is 12.3. The number of carbonyl (C=O) groups excluding carboxylic acids is 1. The normalized spacial score (nSPS) is 15.7. The van der Waals surface area contributed by atoms with E-state index in [2.05, 4.69) is 25.8 Å². The second-order valence-corrected chi connectivity index (χ2v) is 9.45. The molecule has 1 aromatic carbocycles. The van der Waals surface area contributed by atoms with Crippen molar-refractivity contribution in [2.75, 3.05) is 19.0 Å². The highest BCUT2D eigenvalue weighted by Gasteiger charge is 2.47. The number of fused-ring (bicyclic) bond motifs is 2. The summed E-state index contributed by atoms with van der Waals surface area (Å²) < 4.78 is 18.4. The molecule has 2 N–H and O–H groups in total. The maximum atomic E-state index is 13.0. The molecule has 0 saturated heterocycles. The van der Waals surface area contributed by atoms with E-state index in [0.29, 0.717) is 30.5 Å². The molecule has 6 rings (SSSR count). The van der Waals surface area contributed by atoms with Crippen molar-refractivity contribution in [2.24, 2.45) is 0 Å². The molecule has 186 valence electrons. The van der Waals surface area contributed by atoms with Crippen LogP contribution in [0.2, 0.25) is 0 Å². The van der Waals surface area contributed by atoms with Gasteiger partial charge >= 0.3 is 6.03 Å². The number of nitrogens with zero attached hydrogens (tertiary/aromatic N) is 4. The molecule has 1 saturated carbocycles. The molecule has 0 atom stereocenters. The average molecular weight is 489 g/mol. The molecule has 1 amide bonds. The number of methoxy groups -OCH3 is 1. The Morgan fingerprint density at radius 3 is 2.97 bits per heavy atom. The van der Waals surface area contributed by atoms with Crippen molar-refractivity contribution in [1.29, 1.82) is 0 Å². The number of ether oxygens (including phenoxy) is 2. The predicted molar refractivity (Wildman–Crippen MR) is 132 cm³/mol. The maximum absolute atomic E-state index is 13.0. The van der Waals surface area contributed by atoms with Crippen LogP contribution in [0.3, 0.4) is 0 Å². The van der Waals surface area contributed by atoms with Crippen LogP contribution >= 0.6 is 0 Å². The number of benzene rings is 1. The van der Waals surface area contributed by atoms with Gasteiger partial charge in [-0.1, -0.05) is 11.6 Å². The number of rotatable bonds is 9. The van der Waals surface area contributed by atoms with Crippen molar-refractivity contribution in [3.63, 3.8) is 0 Å². The monoisotopic (exact) mass is 488 g/mol. The topological polar surface area (TPSA) is 116 Å². The van der Waals surface area contributed by atoms with Crippen molar-refractivity contribution in [1.82, 2.24) is 25.0 Å². The van der Waals surface area contributed by atoms with Gasteiger partial charge in [-0.3, -0.25) is 9.88 Å². The van der Waals surface area contributed by atoms with Gasteiger partial charge in [0.2, 0.25) is 5.88 Å². The number of hydrogen-bond acceptors (Lipinski definition) is 8. The summed E-state index contributed by atoms with van der Waals surface area (Å²) in [7, 11) is 1.72. The molecule has 3 aromatic heterocycles. The van der Waals surface area contributed by atoms with Gasteiger partial charge < -0.3 is 19.3 Å². The van der Waals surface area contributed by atoms with Crippen LogP contribution < -0.4 is 15.4 Å².